The van der Waals surface area contributed by atoms with Gasteiger partial charge < -0.3 is 24.2 Å². The second-order valence-electron chi connectivity index (χ2n) is 4.90. The van der Waals surface area contributed by atoms with E-state index in [9.17, 15) is 19.5 Å². The van der Waals surface area contributed by atoms with Crippen LogP contribution >= 0.6 is 0 Å². The molecule has 1 atom stereocenters. The average molecular weight is 315 g/mol. The second kappa shape index (κ2) is 9.16. The van der Waals surface area contributed by atoms with Crippen LogP contribution in [0.15, 0.2) is 12.2 Å². The third-order valence-corrected chi connectivity index (χ3v) is 2.70. The van der Waals surface area contributed by atoms with Crippen molar-refractivity contribution in [2.45, 2.75) is 26.1 Å². The zero-order chi connectivity index (χ0) is 16.5. The zero-order valence-corrected chi connectivity index (χ0v) is 12.7. The number of ether oxygens (including phenoxy) is 3. The third kappa shape index (κ3) is 6.68. The highest BCUT2D eigenvalue weighted by atomic mass is 16.5. The third-order valence-electron chi connectivity index (χ3n) is 2.70. The van der Waals surface area contributed by atoms with E-state index in [2.05, 4.69) is 0 Å². The van der Waals surface area contributed by atoms with Crippen LogP contribution in [0.4, 0.5) is 0 Å². The normalized spacial score (nSPS) is 16.6. The molecule has 0 saturated carbocycles. The molecule has 0 spiro atoms. The fourth-order valence-corrected chi connectivity index (χ4v) is 1.68. The van der Waals surface area contributed by atoms with Gasteiger partial charge >= 0.3 is 11.9 Å². The lowest BCUT2D eigenvalue weighted by molar-refractivity contribution is -0.152. The van der Waals surface area contributed by atoms with Crippen LogP contribution in [0.3, 0.4) is 0 Å². The number of morpholine rings is 1. The van der Waals surface area contributed by atoms with Crippen molar-refractivity contribution in [2.75, 3.05) is 32.9 Å². The first kappa shape index (κ1) is 18.1. The molecule has 0 aromatic carbocycles. The van der Waals surface area contributed by atoms with Gasteiger partial charge in [0.05, 0.1) is 19.3 Å². The molecule has 1 amide bonds. The number of nitrogens with zero attached hydrogens (tertiary/aromatic N) is 1. The Balaban J connectivity index is 2.31. The van der Waals surface area contributed by atoms with Gasteiger partial charge in [-0.3, -0.25) is 4.79 Å². The van der Waals surface area contributed by atoms with Crippen LogP contribution < -0.4 is 0 Å². The average Bonchev–Trinajstić information content (AvgIpc) is 2.50. The van der Waals surface area contributed by atoms with E-state index in [4.69, 9.17) is 14.2 Å². The molecule has 1 N–H and O–H groups in total. The number of hydrogen-bond donors (Lipinski definition) is 1. The molecule has 1 rings (SSSR count). The summed E-state index contributed by atoms with van der Waals surface area (Å²) in [5.74, 6) is -2.02. The molecule has 1 fully saturated rings. The molecule has 22 heavy (non-hydrogen) atoms. The maximum atomic E-state index is 11.8. The summed E-state index contributed by atoms with van der Waals surface area (Å²) in [6, 6.07) is 0. The second-order valence-corrected chi connectivity index (χ2v) is 4.90. The summed E-state index contributed by atoms with van der Waals surface area (Å²) in [5, 5.41) is 9.69. The quantitative estimate of drug-likeness (QED) is 0.508. The molecule has 0 aromatic heterocycles. The van der Waals surface area contributed by atoms with Crippen molar-refractivity contribution in [2.24, 2.45) is 0 Å². The molecule has 0 aliphatic carbocycles. The van der Waals surface area contributed by atoms with E-state index in [1.54, 1.807) is 13.8 Å². The monoisotopic (exact) mass is 315 g/mol. The van der Waals surface area contributed by atoms with Gasteiger partial charge in [-0.05, 0) is 13.8 Å². The Bertz CT molecular complexity index is 427. The summed E-state index contributed by atoms with van der Waals surface area (Å²) < 4.78 is 14.6. The molecular weight excluding hydrogens is 294 g/mol. The van der Waals surface area contributed by atoms with E-state index in [0.29, 0.717) is 26.3 Å². The topological polar surface area (TPSA) is 102 Å². The lowest BCUT2D eigenvalue weighted by Gasteiger charge is -2.28. The molecule has 1 saturated heterocycles. The Hall–Kier alpha value is -1.93. The maximum absolute atomic E-state index is 11.8. The highest BCUT2D eigenvalue weighted by Crippen LogP contribution is 2.01. The van der Waals surface area contributed by atoms with Crippen LogP contribution in [0, 0.1) is 0 Å². The fourth-order valence-electron chi connectivity index (χ4n) is 1.68. The van der Waals surface area contributed by atoms with Crippen molar-refractivity contribution >= 4 is 17.8 Å². The molecule has 8 nitrogen and oxygen atoms in total. The summed E-state index contributed by atoms with van der Waals surface area (Å²) in [6.45, 7) is 4.50. The van der Waals surface area contributed by atoms with E-state index in [0.717, 1.165) is 12.2 Å². The summed E-state index contributed by atoms with van der Waals surface area (Å²) in [7, 11) is 0. The lowest BCUT2D eigenvalue weighted by atomic mass is 10.3. The van der Waals surface area contributed by atoms with Crippen molar-refractivity contribution in [3.05, 3.63) is 12.2 Å². The molecular formula is C14H21NO7. The minimum atomic E-state index is -1.43. The standard InChI is InChI=1S/C14H21NO7/c1-10(2)22-13(18)4-3-12(17)21-9-11(16)14(19)15-5-7-20-8-6-15/h3-4,10-11,16H,5-9H2,1-2H3/b4-3+. The summed E-state index contributed by atoms with van der Waals surface area (Å²) in [6.07, 6.45) is 0.0917. The van der Waals surface area contributed by atoms with Crippen LogP contribution in [-0.4, -0.2) is 73.0 Å². The minimum absolute atomic E-state index is 0.291. The Labute approximate surface area is 128 Å². The summed E-state index contributed by atoms with van der Waals surface area (Å²) in [4.78, 5) is 35.8. The Morgan fingerprint density at radius 2 is 1.77 bits per heavy atom. The number of amides is 1. The van der Waals surface area contributed by atoms with Gasteiger partial charge in [-0.25, -0.2) is 9.59 Å². The van der Waals surface area contributed by atoms with E-state index in [1.165, 1.54) is 4.90 Å². The first-order valence-corrected chi connectivity index (χ1v) is 7.00. The highest BCUT2D eigenvalue weighted by molar-refractivity contribution is 5.92. The van der Waals surface area contributed by atoms with Crippen molar-refractivity contribution in [1.82, 2.24) is 4.90 Å². The molecule has 8 heteroatoms. The number of rotatable bonds is 6. The van der Waals surface area contributed by atoms with Crippen LogP contribution in [0.5, 0.6) is 0 Å². The van der Waals surface area contributed by atoms with Crippen molar-refractivity contribution in [3.63, 3.8) is 0 Å². The van der Waals surface area contributed by atoms with Gasteiger partial charge in [0.25, 0.3) is 5.91 Å². The number of carbonyl (C=O) groups excluding carboxylic acids is 3. The number of carbonyl (C=O) groups is 3. The summed E-state index contributed by atoms with van der Waals surface area (Å²) in [5.41, 5.74) is 0. The van der Waals surface area contributed by atoms with Crippen LogP contribution in [0.1, 0.15) is 13.8 Å². The van der Waals surface area contributed by atoms with E-state index in [-0.39, 0.29) is 6.10 Å². The molecule has 1 aliphatic rings. The van der Waals surface area contributed by atoms with E-state index >= 15 is 0 Å². The van der Waals surface area contributed by atoms with Crippen molar-refractivity contribution in [3.8, 4) is 0 Å². The number of aliphatic hydroxyl groups excluding tert-OH is 1. The SMILES string of the molecule is CC(C)OC(=O)/C=C/C(=O)OCC(O)C(=O)N1CCOCC1. The number of aliphatic hydroxyl groups is 1. The molecule has 0 bridgehead atoms. The number of esters is 2. The summed E-state index contributed by atoms with van der Waals surface area (Å²) >= 11 is 0. The zero-order valence-electron chi connectivity index (χ0n) is 12.7. The van der Waals surface area contributed by atoms with Gasteiger partial charge in [0, 0.05) is 25.2 Å². The van der Waals surface area contributed by atoms with Crippen LogP contribution in [0.2, 0.25) is 0 Å². The van der Waals surface area contributed by atoms with Gasteiger partial charge in [0.2, 0.25) is 0 Å². The van der Waals surface area contributed by atoms with Gasteiger partial charge in [-0.1, -0.05) is 0 Å². The maximum Gasteiger partial charge on any atom is 0.331 e. The van der Waals surface area contributed by atoms with E-state index < -0.39 is 30.6 Å². The van der Waals surface area contributed by atoms with E-state index in [1.807, 2.05) is 0 Å². The minimum Gasteiger partial charge on any atom is -0.460 e. The highest BCUT2D eigenvalue weighted by Gasteiger charge is 2.24. The first-order chi connectivity index (χ1) is 10.4. The fraction of sp³-hybridized carbons (Fsp3) is 0.643. The Morgan fingerprint density at radius 3 is 2.36 bits per heavy atom. The van der Waals surface area contributed by atoms with Crippen LogP contribution in [0.25, 0.3) is 0 Å². The van der Waals surface area contributed by atoms with Gasteiger partial charge in [-0.2, -0.15) is 0 Å². The number of hydrogen-bond acceptors (Lipinski definition) is 7. The van der Waals surface area contributed by atoms with Gasteiger partial charge in [0.15, 0.2) is 6.10 Å². The van der Waals surface area contributed by atoms with Gasteiger partial charge in [0.1, 0.15) is 6.61 Å². The predicted molar refractivity (Wildman–Crippen MR) is 74.7 cm³/mol. The smallest absolute Gasteiger partial charge is 0.331 e. The van der Waals surface area contributed by atoms with Gasteiger partial charge in [-0.15, -0.1) is 0 Å². The predicted octanol–water partition coefficient (Wildman–Crippen LogP) is -0.743. The van der Waals surface area contributed by atoms with Crippen molar-refractivity contribution in [1.29, 1.82) is 0 Å². The lowest BCUT2D eigenvalue weighted by Crippen LogP contribution is -2.47. The molecule has 124 valence electrons. The molecule has 1 unspecified atom stereocenters. The molecule has 0 aromatic rings. The molecule has 1 aliphatic heterocycles. The first-order valence-electron chi connectivity index (χ1n) is 7.00. The largest absolute Gasteiger partial charge is 0.460 e. The Kier molecular flexibility index (Phi) is 7.55. The molecule has 0 radical (unpaired) electrons. The Morgan fingerprint density at radius 1 is 1.18 bits per heavy atom. The van der Waals surface area contributed by atoms with Crippen molar-refractivity contribution < 1.29 is 33.7 Å². The van der Waals surface area contributed by atoms with Crippen LogP contribution in [-0.2, 0) is 28.6 Å². The molecule has 1 heterocycles.